The minimum absolute atomic E-state index is 0.143. The first-order chi connectivity index (χ1) is 11.7. The van der Waals surface area contributed by atoms with Crippen LogP contribution in [0.15, 0.2) is 28.6 Å². The fourth-order valence-electron chi connectivity index (χ4n) is 2.57. The molecule has 0 spiro atoms. The summed E-state index contributed by atoms with van der Waals surface area (Å²) in [6.07, 6.45) is 2.21. The number of aromatic nitrogens is 2. The van der Waals surface area contributed by atoms with Gasteiger partial charge >= 0.3 is 0 Å². The molecule has 3 rings (SSSR count). The summed E-state index contributed by atoms with van der Waals surface area (Å²) >= 11 is 2.90. The smallest absolute Gasteiger partial charge is 0.235 e. The molecule has 0 bridgehead atoms. The molecule has 0 aliphatic carbocycles. The standard InChI is InChI=1S/C16H20N4O2S2/c1-11(14(21)20-9-5-6-10-20)23-16-19-18-15(24-16)17-12-7-3-4-8-13(12)22-2/h3-4,7-8,11H,5-6,9-10H2,1-2H3,(H,17,18). The van der Waals surface area contributed by atoms with Gasteiger partial charge in [0.15, 0.2) is 4.34 Å². The van der Waals surface area contributed by atoms with Crippen LogP contribution >= 0.6 is 23.1 Å². The van der Waals surface area contributed by atoms with Gasteiger partial charge in [-0.2, -0.15) is 0 Å². The first-order valence-electron chi connectivity index (χ1n) is 7.86. The van der Waals surface area contributed by atoms with Crippen LogP contribution in [-0.2, 0) is 4.79 Å². The molecule has 24 heavy (non-hydrogen) atoms. The Balaban J connectivity index is 1.62. The maximum atomic E-state index is 12.4. The number of likely N-dealkylation sites (tertiary alicyclic amines) is 1. The van der Waals surface area contributed by atoms with Gasteiger partial charge in [0.1, 0.15) is 5.75 Å². The number of hydrogen-bond donors (Lipinski definition) is 1. The quantitative estimate of drug-likeness (QED) is 0.793. The molecule has 2 heterocycles. The molecule has 0 radical (unpaired) electrons. The Morgan fingerprint density at radius 2 is 2.08 bits per heavy atom. The van der Waals surface area contributed by atoms with Crippen molar-refractivity contribution in [3.63, 3.8) is 0 Å². The van der Waals surface area contributed by atoms with Gasteiger partial charge in [-0.3, -0.25) is 4.79 Å². The average molecular weight is 364 g/mol. The highest BCUT2D eigenvalue weighted by atomic mass is 32.2. The second-order valence-electron chi connectivity index (χ2n) is 5.49. The van der Waals surface area contributed by atoms with Crippen LogP contribution in [0.4, 0.5) is 10.8 Å². The molecule has 8 heteroatoms. The van der Waals surface area contributed by atoms with E-state index in [1.165, 1.54) is 23.1 Å². The van der Waals surface area contributed by atoms with Gasteiger partial charge in [0.25, 0.3) is 0 Å². The van der Waals surface area contributed by atoms with Crippen LogP contribution in [0.5, 0.6) is 5.75 Å². The van der Waals surface area contributed by atoms with Crippen LogP contribution in [0.1, 0.15) is 19.8 Å². The van der Waals surface area contributed by atoms with E-state index in [4.69, 9.17) is 4.74 Å². The van der Waals surface area contributed by atoms with Crippen LogP contribution in [-0.4, -0.2) is 46.5 Å². The van der Waals surface area contributed by atoms with Crippen LogP contribution in [0.25, 0.3) is 0 Å². The van der Waals surface area contributed by atoms with Gasteiger partial charge in [-0.25, -0.2) is 0 Å². The fourth-order valence-corrected chi connectivity index (χ4v) is 4.56. The van der Waals surface area contributed by atoms with Gasteiger partial charge in [0.05, 0.1) is 18.0 Å². The van der Waals surface area contributed by atoms with E-state index in [0.29, 0.717) is 5.13 Å². The summed E-state index contributed by atoms with van der Waals surface area (Å²) in [5.74, 6) is 0.937. The fraction of sp³-hybridized carbons (Fsp3) is 0.438. The van der Waals surface area contributed by atoms with Crippen LogP contribution < -0.4 is 10.1 Å². The molecule has 2 aromatic rings. The third kappa shape index (κ3) is 3.99. The zero-order valence-corrected chi connectivity index (χ0v) is 15.3. The molecule has 1 aromatic heterocycles. The molecule has 1 unspecified atom stereocenters. The summed E-state index contributed by atoms with van der Waals surface area (Å²) in [5.41, 5.74) is 0.842. The Morgan fingerprint density at radius 3 is 2.83 bits per heavy atom. The van der Waals surface area contributed by atoms with Gasteiger partial charge < -0.3 is 15.0 Å². The lowest BCUT2D eigenvalue weighted by Crippen LogP contribution is -2.33. The Hall–Kier alpha value is -1.80. The lowest BCUT2D eigenvalue weighted by molar-refractivity contribution is -0.129. The highest BCUT2D eigenvalue weighted by Crippen LogP contribution is 2.33. The monoisotopic (exact) mass is 364 g/mol. The van der Waals surface area contributed by atoms with Gasteiger partial charge in [-0.05, 0) is 31.9 Å². The molecule has 128 valence electrons. The number of methoxy groups -OCH3 is 1. The van der Waals surface area contributed by atoms with E-state index in [-0.39, 0.29) is 11.2 Å². The molecule has 1 aromatic carbocycles. The van der Waals surface area contributed by atoms with Gasteiger partial charge in [-0.1, -0.05) is 35.2 Å². The number of amides is 1. The zero-order valence-electron chi connectivity index (χ0n) is 13.7. The number of anilines is 2. The normalized spacial score (nSPS) is 15.3. The van der Waals surface area contributed by atoms with Crippen molar-refractivity contribution in [3.05, 3.63) is 24.3 Å². The number of carbonyl (C=O) groups is 1. The molecule has 1 atom stereocenters. The average Bonchev–Trinajstić information content (AvgIpc) is 3.27. The van der Waals surface area contributed by atoms with Crippen molar-refractivity contribution in [1.82, 2.24) is 15.1 Å². The lowest BCUT2D eigenvalue weighted by Gasteiger charge is -2.18. The number of benzene rings is 1. The van der Waals surface area contributed by atoms with Gasteiger partial charge in [-0.15, -0.1) is 10.2 Å². The maximum absolute atomic E-state index is 12.4. The van der Waals surface area contributed by atoms with Crippen molar-refractivity contribution < 1.29 is 9.53 Å². The molecule has 1 saturated heterocycles. The summed E-state index contributed by atoms with van der Waals surface area (Å²) in [6, 6.07) is 7.65. The molecule has 1 amide bonds. The largest absolute Gasteiger partial charge is 0.495 e. The molecular weight excluding hydrogens is 344 g/mol. The number of carbonyl (C=O) groups excluding carboxylic acids is 1. The van der Waals surface area contributed by atoms with Crippen LogP contribution in [0.3, 0.4) is 0 Å². The van der Waals surface area contributed by atoms with Crippen molar-refractivity contribution >= 4 is 39.8 Å². The maximum Gasteiger partial charge on any atom is 0.235 e. The predicted molar refractivity (Wildman–Crippen MR) is 97.3 cm³/mol. The van der Waals surface area contributed by atoms with Gasteiger partial charge in [0, 0.05) is 13.1 Å². The number of para-hydroxylation sites is 2. The topological polar surface area (TPSA) is 67.3 Å². The molecule has 1 N–H and O–H groups in total. The predicted octanol–water partition coefficient (Wildman–Crippen LogP) is 3.39. The van der Waals surface area contributed by atoms with E-state index >= 15 is 0 Å². The number of hydrogen-bond acceptors (Lipinski definition) is 7. The number of nitrogens with one attached hydrogen (secondary N) is 1. The Bertz CT molecular complexity index is 701. The molecule has 1 aliphatic rings. The lowest BCUT2D eigenvalue weighted by atomic mass is 10.3. The van der Waals surface area contributed by atoms with Crippen molar-refractivity contribution in [3.8, 4) is 5.75 Å². The molecule has 0 saturated carbocycles. The van der Waals surface area contributed by atoms with Crippen molar-refractivity contribution in [2.45, 2.75) is 29.4 Å². The number of thioether (sulfide) groups is 1. The Kier molecular flexibility index (Phi) is 5.57. The summed E-state index contributed by atoms with van der Waals surface area (Å²) in [4.78, 5) is 14.3. The number of ether oxygens (including phenoxy) is 1. The van der Waals surface area contributed by atoms with Gasteiger partial charge in [0.2, 0.25) is 11.0 Å². The highest BCUT2D eigenvalue weighted by molar-refractivity contribution is 8.02. The van der Waals surface area contributed by atoms with E-state index in [1.807, 2.05) is 36.1 Å². The first kappa shape index (κ1) is 17.0. The molecule has 1 fully saturated rings. The number of nitrogens with zero attached hydrogens (tertiary/aromatic N) is 3. The second-order valence-corrected chi connectivity index (χ2v) is 8.06. The number of rotatable bonds is 6. The van der Waals surface area contributed by atoms with Crippen molar-refractivity contribution in [2.75, 3.05) is 25.5 Å². The third-order valence-corrected chi connectivity index (χ3v) is 5.81. The zero-order chi connectivity index (χ0) is 16.9. The van der Waals surface area contributed by atoms with E-state index in [0.717, 1.165) is 41.7 Å². The Morgan fingerprint density at radius 1 is 1.33 bits per heavy atom. The van der Waals surface area contributed by atoms with Crippen molar-refractivity contribution in [2.24, 2.45) is 0 Å². The summed E-state index contributed by atoms with van der Waals surface area (Å²) in [5, 5.41) is 12.1. The molecule has 1 aliphatic heterocycles. The first-order valence-corrected chi connectivity index (χ1v) is 9.56. The SMILES string of the molecule is COc1ccccc1Nc1nnc(SC(C)C(=O)N2CCCC2)s1. The third-order valence-electron chi connectivity index (χ3n) is 3.80. The van der Waals surface area contributed by atoms with E-state index in [9.17, 15) is 4.79 Å². The van der Waals surface area contributed by atoms with E-state index in [2.05, 4.69) is 15.5 Å². The minimum Gasteiger partial charge on any atom is -0.495 e. The van der Waals surface area contributed by atoms with Crippen LogP contribution in [0.2, 0.25) is 0 Å². The van der Waals surface area contributed by atoms with Crippen LogP contribution in [0, 0.1) is 0 Å². The summed E-state index contributed by atoms with van der Waals surface area (Å²) < 4.78 is 6.10. The van der Waals surface area contributed by atoms with E-state index < -0.39 is 0 Å². The second kappa shape index (κ2) is 7.85. The Labute approximate surface area is 149 Å². The molecule has 6 nitrogen and oxygen atoms in total. The van der Waals surface area contributed by atoms with Crippen molar-refractivity contribution in [1.29, 1.82) is 0 Å². The summed E-state index contributed by atoms with van der Waals surface area (Å²) in [6.45, 7) is 3.68. The molecular formula is C16H20N4O2S2. The minimum atomic E-state index is -0.143. The highest BCUT2D eigenvalue weighted by Gasteiger charge is 2.25. The van der Waals surface area contributed by atoms with E-state index in [1.54, 1.807) is 7.11 Å². The summed E-state index contributed by atoms with van der Waals surface area (Å²) in [7, 11) is 1.63.